The minimum Gasteiger partial charge on any atom is -0.356 e. The van der Waals surface area contributed by atoms with Crippen LogP contribution in [-0.2, 0) is 11.3 Å². The van der Waals surface area contributed by atoms with E-state index in [1.54, 1.807) is 13.8 Å². The van der Waals surface area contributed by atoms with Gasteiger partial charge in [0.15, 0.2) is 0 Å². The maximum Gasteiger partial charge on any atom is 0.312 e. The molecule has 0 unspecified atom stereocenters. The quantitative estimate of drug-likeness (QED) is 0.463. The Hall–Kier alpha value is -1.92. The molecule has 106 valence electrons. The van der Waals surface area contributed by atoms with Gasteiger partial charge in [-0.3, -0.25) is 19.6 Å². The molecule has 0 aliphatic heterocycles. The molecule has 0 atom stereocenters. The molecular weight excluding hydrogens is 248 g/mol. The van der Waals surface area contributed by atoms with E-state index in [0.29, 0.717) is 24.5 Å². The summed E-state index contributed by atoms with van der Waals surface area (Å²) in [5, 5.41) is 17.7. The van der Waals surface area contributed by atoms with Crippen LogP contribution in [0.4, 0.5) is 5.69 Å². The molecule has 0 radical (unpaired) electrons. The number of rotatable bonds is 7. The molecule has 0 saturated heterocycles. The summed E-state index contributed by atoms with van der Waals surface area (Å²) in [5.41, 5.74) is 0.907. The summed E-state index contributed by atoms with van der Waals surface area (Å²) in [7, 11) is 0. The number of nitrogens with one attached hydrogen (secondary N) is 1. The SMILES string of the molecule is CCCCNC(=O)CCn1nc(C)c([N+](=O)[O-])c1C. The maximum atomic E-state index is 11.5. The van der Waals surface area contributed by atoms with Gasteiger partial charge in [0.2, 0.25) is 5.91 Å². The Morgan fingerprint density at radius 3 is 2.68 bits per heavy atom. The van der Waals surface area contributed by atoms with Crippen molar-refractivity contribution in [3.05, 3.63) is 21.5 Å². The third-order valence-corrected chi connectivity index (χ3v) is 2.93. The highest BCUT2D eigenvalue weighted by molar-refractivity contribution is 5.75. The molecule has 1 rings (SSSR count). The molecule has 0 bridgehead atoms. The zero-order valence-electron chi connectivity index (χ0n) is 11.6. The van der Waals surface area contributed by atoms with Crippen LogP contribution in [0.1, 0.15) is 37.6 Å². The number of nitrogens with zero attached hydrogens (tertiary/aromatic N) is 3. The molecule has 0 aromatic carbocycles. The summed E-state index contributed by atoms with van der Waals surface area (Å²) in [4.78, 5) is 21.9. The molecule has 0 aliphatic carbocycles. The van der Waals surface area contributed by atoms with E-state index in [0.717, 1.165) is 12.8 Å². The topological polar surface area (TPSA) is 90.1 Å². The Labute approximate surface area is 112 Å². The van der Waals surface area contributed by atoms with Gasteiger partial charge in [0, 0.05) is 13.0 Å². The van der Waals surface area contributed by atoms with E-state index in [9.17, 15) is 14.9 Å². The van der Waals surface area contributed by atoms with Crippen LogP contribution in [0, 0.1) is 24.0 Å². The number of hydrogen-bond acceptors (Lipinski definition) is 4. The van der Waals surface area contributed by atoms with Crippen LogP contribution in [0.15, 0.2) is 0 Å². The molecule has 0 aliphatic rings. The van der Waals surface area contributed by atoms with E-state index >= 15 is 0 Å². The first-order valence-corrected chi connectivity index (χ1v) is 6.42. The first-order valence-electron chi connectivity index (χ1n) is 6.42. The Bertz CT molecular complexity index is 468. The third-order valence-electron chi connectivity index (χ3n) is 2.93. The van der Waals surface area contributed by atoms with Crippen molar-refractivity contribution in [3.63, 3.8) is 0 Å². The van der Waals surface area contributed by atoms with Crippen LogP contribution < -0.4 is 5.32 Å². The molecule has 0 spiro atoms. The van der Waals surface area contributed by atoms with E-state index in [1.165, 1.54) is 4.68 Å². The monoisotopic (exact) mass is 268 g/mol. The van der Waals surface area contributed by atoms with Gasteiger partial charge in [-0.05, 0) is 20.3 Å². The summed E-state index contributed by atoms with van der Waals surface area (Å²) in [6, 6.07) is 0. The van der Waals surface area contributed by atoms with Crippen molar-refractivity contribution in [3.8, 4) is 0 Å². The molecule has 0 saturated carbocycles. The maximum absolute atomic E-state index is 11.5. The predicted molar refractivity (Wildman–Crippen MR) is 70.9 cm³/mol. The second kappa shape index (κ2) is 6.86. The standard InChI is InChI=1S/C12H20N4O3/c1-4-5-7-13-11(17)6-8-15-10(3)12(16(18)19)9(2)14-15/h4-8H2,1-3H3,(H,13,17). The first kappa shape index (κ1) is 15.1. The fourth-order valence-electron chi connectivity index (χ4n) is 1.87. The number of aromatic nitrogens is 2. The molecule has 1 heterocycles. The van der Waals surface area contributed by atoms with Crippen LogP contribution >= 0.6 is 0 Å². The van der Waals surface area contributed by atoms with Gasteiger partial charge in [-0.1, -0.05) is 13.3 Å². The van der Waals surface area contributed by atoms with Gasteiger partial charge in [-0.15, -0.1) is 0 Å². The van der Waals surface area contributed by atoms with Gasteiger partial charge in [-0.2, -0.15) is 5.10 Å². The lowest BCUT2D eigenvalue weighted by Crippen LogP contribution is -2.25. The molecule has 19 heavy (non-hydrogen) atoms. The van der Waals surface area contributed by atoms with E-state index < -0.39 is 4.92 Å². The van der Waals surface area contributed by atoms with Crippen LogP contribution in [0.5, 0.6) is 0 Å². The molecule has 7 nitrogen and oxygen atoms in total. The summed E-state index contributed by atoms with van der Waals surface area (Å²) in [6.07, 6.45) is 2.27. The number of amides is 1. The number of nitro groups is 1. The highest BCUT2D eigenvalue weighted by Gasteiger charge is 2.21. The van der Waals surface area contributed by atoms with Crippen LogP contribution in [0.25, 0.3) is 0 Å². The Kier molecular flexibility index (Phi) is 5.47. The van der Waals surface area contributed by atoms with Crippen LogP contribution in [0.3, 0.4) is 0 Å². The second-order valence-electron chi connectivity index (χ2n) is 4.45. The predicted octanol–water partition coefficient (Wildman–Crippen LogP) is 1.71. The summed E-state index contributed by atoms with van der Waals surface area (Å²) in [5.74, 6) is -0.0522. The molecule has 1 aromatic rings. The number of carbonyl (C=O) groups excluding carboxylic acids is 1. The van der Waals surface area contributed by atoms with Gasteiger partial charge in [0.05, 0.1) is 11.5 Å². The molecule has 1 aromatic heterocycles. The molecule has 1 amide bonds. The minimum absolute atomic E-state index is 0.0337. The number of hydrogen-bond donors (Lipinski definition) is 1. The average Bonchev–Trinajstić information content (AvgIpc) is 2.62. The van der Waals surface area contributed by atoms with E-state index in [-0.39, 0.29) is 18.0 Å². The fraction of sp³-hybridized carbons (Fsp3) is 0.667. The van der Waals surface area contributed by atoms with E-state index in [1.807, 2.05) is 0 Å². The molecular formula is C12H20N4O3. The molecule has 1 N–H and O–H groups in total. The first-order chi connectivity index (χ1) is 8.97. The Morgan fingerprint density at radius 2 is 2.16 bits per heavy atom. The van der Waals surface area contributed by atoms with Gasteiger partial charge in [0.25, 0.3) is 0 Å². The van der Waals surface area contributed by atoms with E-state index in [4.69, 9.17) is 0 Å². The molecule has 7 heteroatoms. The van der Waals surface area contributed by atoms with Gasteiger partial charge < -0.3 is 5.32 Å². The van der Waals surface area contributed by atoms with Gasteiger partial charge in [0.1, 0.15) is 11.4 Å². The average molecular weight is 268 g/mol. The molecule has 0 fully saturated rings. The largest absolute Gasteiger partial charge is 0.356 e. The normalized spacial score (nSPS) is 10.5. The lowest BCUT2D eigenvalue weighted by atomic mass is 10.3. The van der Waals surface area contributed by atoms with Crippen molar-refractivity contribution in [1.29, 1.82) is 0 Å². The summed E-state index contributed by atoms with van der Waals surface area (Å²) < 4.78 is 1.52. The number of carbonyl (C=O) groups is 1. The third kappa shape index (κ3) is 4.04. The Morgan fingerprint density at radius 1 is 1.47 bits per heavy atom. The lowest BCUT2D eigenvalue weighted by Gasteiger charge is -2.05. The second-order valence-corrected chi connectivity index (χ2v) is 4.45. The summed E-state index contributed by atoms with van der Waals surface area (Å²) in [6.45, 7) is 6.34. The summed E-state index contributed by atoms with van der Waals surface area (Å²) >= 11 is 0. The smallest absolute Gasteiger partial charge is 0.312 e. The Balaban J connectivity index is 2.57. The van der Waals surface area contributed by atoms with E-state index in [2.05, 4.69) is 17.3 Å². The van der Waals surface area contributed by atoms with Crippen LogP contribution in [-0.4, -0.2) is 27.2 Å². The number of aryl methyl sites for hydroxylation is 2. The van der Waals surface area contributed by atoms with Gasteiger partial charge >= 0.3 is 5.69 Å². The lowest BCUT2D eigenvalue weighted by molar-refractivity contribution is -0.386. The minimum atomic E-state index is -0.435. The highest BCUT2D eigenvalue weighted by atomic mass is 16.6. The zero-order valence-corrected chi connectivity index (χ0v) is 11.6. The van der Waals surface area contributed by atoms with Crippen molar-refractivity contribution in [2.45, 2.75) is 46.6 Å². The highest BCUT2D eigenvalue weighted by Crippen LogP contribution is 2.21. The van der Waals surface area contributed by atoms with Crippen molar-refractivity contribution in [1.82, 2.24) is 15.1 Å². The fourth-order valence-corrected chi connectivity index (χ4v) is 1.87. The van der Waals surface area contributed by atoms with Crippen molar-refractivity contribution >= 4 is 11.6 Å². The zero-order chi connectivity index (χ0) is 14.4. The van der Waals surface area contributed by atoms with Crippen molar-refractivity contribution in [2.24, 2.45) is 0 Å². The number of unbranched alkanes of at least 4 members (excludes halogenated alkanes) is 1. The van der Waals surface area contributed by atoms with Crippen molar-refractivity contribution < 1.29 is 9.72 Å². The van der Waals surface area contributed by atoms with Crippen LogP contribution in [0.2, 0.25) is 0 Å². The van der Waals surface area contributed by atoms with Gasteiger partial charge in [-0.25, -0.2) is 0 Å². The van der Waals surface area contributed by atoms with Crippen molar-refractivity contribution in [2.75, 3.05) is 6.54 Å².